The van der Waals surface area contributed by atoms with Crippen molar-refractivity contribution in [3.05, 3.63) is 156 Å². The van der Waals surface area contributed by atoms with Crippen LogP contribution in [0, 0.1) is 0 Å². The molecule has 8 rings (SSSR count). The Morgan fingerprint density at radius 1 is 0.343 bits per heavy atom. The quantitative estimate of drug-likeness (QED) is 0.238. The first-order valence-corrected chi connectivity index (χ1v) is 12.3. The van der Waals surface area contributed by atoms with Gasteiger partial charge in [-0.15, -0.1) is 0 Å². The number of hydrogen-bond donors (Lipinski definition) is 0. The first kappa shape index (κ1) is 18.9. The predicted molar refractivity (Wildman–Crippen MR) is 146 cm³/mol. The fourth-order valence-electron chi connectivity index (χ4n) is 6.74. The Kier molecular flexibility index (Phi) is 3.68. The van der Waals surface area contributed by atoms with Crippen LogP contribution in [0.15, 0.2) is 133 Å². The van der Waals surface area contributed by atoms with Gasteiger partial charge in [-0.3, -0.25) is 0 Å². The van der Waals surface area contributed by atoms with E-state index in [4.69, 9.17) is 0 Å². The molecule has 0 fully saturated rings. The van der Waals surface area contributed by atoms with Gasteiger partial charge in [0.1, 0.15) is 0 Å². The highest BCUT2D eigenvalue weighted by atomic mass is 14.5. The lowest BCUT2D eigenvalue weighted by atomic mass is 9.61. The van der Waals surface area contributed by atoms with Crippen LogP contribution in [-0.2, 0) is 5.41 Å². The molecular formula is C35H22. The second-order valence-electron chi connectivity index (χ2n) is 9.68. The van der Waals surface area contributed by atoms with Crippen LogP contribution in [0.4, 0.5) is 0 Å². The molecule has 6 aromatic rings. The summed E-state index contributed by atoms with van der Waals surface area (Å²) < 4.78 is 0. The van der Waals surface area contributed by atoms with E-state index in [9.17, 15) is 0 Å². The lowest BCUT2D eigenvalue weighted by Gasteiger charge is -2.40. The molecule has 2 aliphatic rings. The fraction of sp³-hybridized carbons (Fsp3) is 0.0286. The first-order chi connectivity index (χ1) is 17.4. The van der Waals surface area contributed by atoms with Gasteiger partial charge in [-0.1, -0.05) is 127 Å². The molecule has 0 aliphatic heterocycles. The third kappa shape index (κ3) is 2.32. The van der Waals surface area contributed by atoms with E-state index in [-0.39, 0.29) is 5.41 Å². The van der Waals surface area contributed by atoms with Crippen molar-refractivity contribution in [2.24, 2.45) is 0 Å². The van der Waals surface area contributed by atoms with Gasteiger partial charge >= 0.3 is 0 Å². The summed E-state index contributed by atoms with van der Waals surface area (Å²) in [7, 11) is 0. The largest absolute Gasteiger partial charge is 0.0725 e. The Bertz CT molecular complexity index is 1790. The number of benzene rings is 6. The molecule has 2 aliphatic carbocycles. The standard InChI is InChI=1S/C35H22/c1-2-10-23(11-3-1)25-20-21-32-29(22-25)27-15-5-7-18-31(27)35(32)30-17-6-4-14-26(30)28-16-8-12-24-13-9-19-33(35)34(24)28/h1-22H. The number of fused-ring (bicyclic) bond motifs is 9. The molecule has 1 spiro atoms. The molecule has 0 radical (unpaired) electrons. The first-order valence-electron chi connectivity index (χ1n) is 12.3. The Morgan fingerprint density at radius 2 is 0.914 bits per heavy atom. The van der Waals surface area contributed by atoms with Gasteiger partial charge in [0, 0.05) is 0 Å². The van der Waals surface area contributed by atoms with E-state index in [1.165, 1.54) is 66.4 Å². The van der Waals surface area contributed by atoms with Crippen molar-refractivity contribution in [3.63, 3.8) is 0 Å². The van der Waals surface area contributed by atoms with E-state index >= 15 is 0 Å². The Morgan fingerprint density at radius 3 is 1.69 bits per heavy atom. The van der Waals surface area contributed by atoms with E-state index in [1.807, 2.05) is 0 Å². The summed E-state index contributed by atoms with van der Waals surface area (Å²) in [6.45, 7) is 0. The second-order valence-corrected chi connectivity index (χ2v) is 9.68. The molecule has 1 atom stereocenters. The molecule has 0 amide bonds. The van der Waals surface area contributed by atoms with Crippen LogP contribution in [0.25, 0.3) is 44.2 Å². The minimum atomic E-state index is -0.328. The minimum absolute atomic E-state index is 0.328. The van der Waals surface area contributed by atoms with Crippen molar-refractivity contribution < 1.29 is 0 Å². The number of hydrogen-bond acceptors (Lipinski definition) is 0. The zero-order valence-corrected chi connectivity index (χ0v) is 19.2. The van der Waals surface area contributed by atoms with Crippen molar-refractivity contribution in [2.45, 2.75) is 5.41 Å². The van der Waals surface area contributed by atoms with E-state index in [0.29, 0.717) is 0 Å². The summed E-state index contributed by atoms with van der Waals surface area (Å²) in [5.74, 6) is 0. The van der Waals surface area contributed by atoms with E-state index < -0.39 is 0 Å². The van der Waals surface area contributed by atoms with Gasteiger partial charge in [-0.2, -0.15) is 0 Å². The predicted octanol–water partition coefficient (Wildman–Crippen LogP) is 8.85. The highest BCUT2D eigenvalue weighted by Crippen LogP contribution is 2.61. The number of rotatable bonds is 1. The van der Waals surface area contributed by atoms with E-state index in [1.54, 1.807) is 0 Å². The third-order valence-electron chi connectivity index (χ3n) is 8.08. The molecule has 35 heavy (non-hydrogen) atoms. The van der Waals surface area contributed by atoms with Crippen molar-refractivity contribution in [2.75, 3.05) is 0 Å². The zero-order chi connectivity index (χ0) is 23.0. The molecule has 6 aromatic carbocycles. The summed E-state index contributed by atoms with van der Waals surface area (Å²) in [5.41, 5.74) is 13.1. The van der Waals surface area contributed by atoms with Gasteiger partial charge in [0.15, 0.2) is 0 Å². The Balaban J connectivity index is 1.56. The molecule has 0 saturated carbocycles. The molecule has 1 unspecified atom stereocenters. The summed E-state index contributed by atoms with van der Waals surface area (Å²) in [6.07, 6.45) is 0. The minimum Gasteiger partial charge on any atom is -0.0622 e. The highest BCUT2D eigenvalue weighted by Gasteiger charge is 2.49. The second kappa shape index (κ2) is 6.81. The van der Waals surface area contributed by atoms with Gasteiger partial charge in [0.25, 0.3) is 0 Å². The van der Waals surface area contributed by atoms with Gasteiger partial charge in [0.05, 0.1) is 5.41 Å². The maximum atomic E-state index is 2.40. The van der Waals surface area contributed by atoms with E-state index in [2.05, 4.69) is 133 Å². The molecule has 0 N–H and O–H groups in total. The van der Waals surface area contributed by atoms with Crippen LogP contribution < -0.4 is 0 Å². The van der Waals surface area contributed by atoms with Crippen LogP contribution in [0.1, 0.15) is 22.3 Å². The van der Waals surface area contributed by atoms with Gasteiger partial charge in [-0.25, -0.2) is 0 Å². The monoisotopic (exact) mass is 442 g/mol. The molecule has 0 saturated heterocycles. The maximum Gasteiger partial charge on any atom is 0.0725 e. The smallest absolute Gasteiger partial charge is 0.0622 e. The molecule has 0 heterocycles. The van der Waals surface area contributed by atoms with Crippen molar-refractivity contribution >= 4 is 10.8 Å². The normalized spacial score (nSPS) is 16.7. The average molecular weight is 443 g/mol. The Hall–Kier alpha value is -4.42. The van der Waals surface area contributed by atoms with Crippen LogP contribution in [0.3, 0.4) is 0 Å². The maximum absolute atomic E-state index is 2.40. The van der Waals surface area contributed by atoms with Gasteiger partial charge < -0.3 is 0 Å². The van der Waals surface area contributed by atoms with Crippen molar-refractivity contribution in [1.29, 1.82) is 0 Å². The lowest BCUT2D eigenvalue weighted by molar-refractivity contribution is 0.773. The summed E-state index contributed by atoms with van der Waals surface area (Å²) in [6, 6.07) is 49.5. The average Bonchev–Trinajstić information content (AvgIpc) is 3.22. The van der Waals surface area contributed by atoms with E-state index in [0.717, 1.165) is 0 Å². The molecule has 0 heteroatoms. The van der Waals surface area contributed by atoms with Crippen molar-refractivity contribution in [1.82, 2.24) is 0 Å². The molecule has 162 valence electrons. The SMILES string of the molecule is c1ccc(-c2ccc3c(c2)-c2ccccc2C32c3ccccc3-c3cccc4cccc2c34)cc1. The third-order valence-corrected chi connectivity index (χ3v) is 8.08. The van der Waals surface area contributed by atoms with Gasteiger partial charge in [0.2, 0.25) is 0 Å². The van der Waals surface area contributed by atoms with Crippen LogP contribution in [-0.4, -0.2) is 0 Å². The highest BCUT2D eigenvalue weighted by molar-refractivity contribution is 6.07. The van der Waals surface area contributed by atoms with Crippen LogP contribution >= 0.6 is 0 Å². The summed E-state index contributed by atoms with van der Waals surface area (Å²) in [5, 5.41) is 2.68. The lowest BCUT2D eigenvalue weighted by Crippen LogP contribution is -2.31. The molecule has 0 bridgehead atoms. The molecule has 0 aromatic heterocycles. The molecular weight excluding hydrogens is 420 g/mol. The topological polar surface area (TPSA) is 0 Å². The van der Waals surface area contributed by atoms with Crippen LogP contribution in [0.2, 0.25) is 0 Å². The Labute approximate surface area is 205 Å². The van der Waals surface area contributed by atoms with Crippen molar-refractivity contribution in [3.8, 4) is 33.4 Å². The van der Waals surface area contributed by atoms with Gasteiger partial charge in [-0.05, 0) is 72.5 Å². The zero-order valence-electron chi connectivity index (χ0n) is 19.2. The summed E-state index contributed by atoms with van der Waals surface area (Å²) in [4.78, 5) is 0. The fourth-order valence-corrected chi connectivity index (χ4v) is 6.74. The van der Waals surface area contributed by atoms with Crippen LogP contribution in [0.5, 0.6) is 0 Å². The molecule has 0 nitrogen and oxygen atoms in total. The summed E-state index contributed by atoms with van der Waals surface area (Å²) >= 11 is 0.